The molecule has 3 aromatic rings. The van der Waals surface area contributed by atoms with Gasteiger partial charge in [-0.3, -0.25) is 18.7 Å². The monoisotopic (exact) mass is 559 g/mol. The molecule has 0 spiro atoms. The molecule has 0 unspecified atom stereocenters. The summed E-state index contributed by atoms with van der Waals surface area (Å²) < 4.78 is 45.3. The van der Waals surface area contributed by atoms with Gasteiger partial charge in [0.15, 0.2) is 0 Å². The first-order chi connectivity index (χ1) is 18.4. The molecule has 0 aliphatic carbocycles. The summed E-state index contributed by atoms with van der Waals surface area (Å²) in [5, 5.41) is 2.91. The molecule has 3 heterocycles. The minimum absolute atomic E-state index is 0.0274. The van der Waals surface area contributed by atoms with E-state index in [4.69, 9.17) is 10.2 Å². The highest BCUT2D eigenvalue weighted by Gasteiger charge is 2.32. The Morgan fingerprint density at radius 1 is 1.26 bits per heavy atom. The highest BCUT2D eigenvalue weighted by atomic mass is 32.2. The number of pyridine rings is 1. The lowest BCUT2D eigenvalue weighted by Gasteiger charge is -2.22. The molecule has 208 valence electrons. The Labute approximate surface area is 225 Å². The molecule has 1 saturated heterocycles. The molecule has 13 heteroatoms. The Morgan fingerprint density at radius 2 is 1.95 bits per heavy atom. The Bertz CT molecular complexity index is 1540. The van der Waals surface area contributed by atoms with E-state index in [1.807, 2.05) is 0 Å². The van der Waals surface area contributed by atoms with Crippen LogP contribution >= 0.6 is 0 Å². The summed E-state index contributed by atoms with van der Waals surface area (Å²) >= 11 is 0. The fourth-order valence-electron chi connectivity index (χ4n) is 4.76. The van der Waals surface area contributed by atoms with Gasteiger partial charge in [-0.2, -0.15) is 4.98 Å². The predicted molar refractivity (Wildman–Crippen MR) is 143 cm³/mol. The standard InChI is InChI=1S/C26H30FN5O6S/c1-29-25(35)21-18-14-16(6-4-8-20(33)32-13-5-7-19(32)23(28)34)24(31(2)39(3,36)37)30-26(18)38-22(21)15-9-11-17(27)12-10-15/h9-12,14,19H,4-8,13H2,1-3H3,(H2,28,34)(H,29,35)/t19-/m0/s1. The van der Waals surface area contributed by atoms with Crippen molar-refractivity contribution < 1.29 is 31.6 Å². The van der Waals surface area contributed by atoms with E-state index in [0.29, 0.717) is 42.3 Å². The van der Waals surface area contributed by atoms with E-state index < -0.39 is 33.7 Å². The number of hydrogen-bond donors (Lipinski definition) is 2. The molecule has 1 fully saturated rings. The Kier molecular flexibility index (Phi) is 7.91. The van der Waals surface area contributed by atoms with Crippen molar-refractivity contribution in [3.8, 4) is 11.3 Å². The molecule has 39 heavy (non-hydrogen) atoms. The number of benzene rings is 1. The van der Waals surface area contributed by atoms with Gasteiger partial charge in [-0.1, -0.05) is 0 Å². The maximum absolute atomic E-state index is 13.5. The Balaban J connectivity index is 1.74. The van der Waals surface area contributed by atoms with Crippen LogP contribution in [0.1, 0.15) is 41.6 Å². The van der Waals surface area contributed by atoms with Gasteiger partial charge in [0.1, 0.15) is 23.4 Å². The second-order valence-electron chi connectivity index (χ2n) is 9.45. The van der Waals surface area contributed by atoms with Crippen molar-refractivity contribution in [2.45, 2.75) is 38.1 Å². The fourth-order valence-corrected chi connectivity index (χ4v) is 5.23. The van der Waals surface area contributed by atoms with Crippen LogP contribution in [0.5, 0.6) is 0 Å². The van der Waals surface area contributed by atoms with Gasteiger partial charge < -0.3 is 20.4 Å². The van der Waals surface area contributed by atoms with Crippen molar-refractivity contribution >= 4 is 44.7 Å². The van der Waals surface area contributed by atoms with Crippen LogP contribution in [0.3, 0.4) is 0 Å². The number of fused-ring (bicyclic) bond motifs is 1. The molecule has 1 aliphatic rings. The zero-order valence-electron chi connectivity index (χ0n) is 21.9. The number of anilines is 1. The number of aromatic nitrogens is 1. The van der Waals surface area contributed by atoms with E-state index in [0.717, 1.165) is 10.6 Å². The van der Waals surface area contributed by atoms with Gasteiger partial charge in [-0.15, -0.1) is 0 Å². The highest BCUT2D eigenvalue weighted by Crippen LogP contribution is 2.36. The Hall–Kier alpha value is -4.00. The van der Waals surface area contributed by atoms with Gasteiger partial charge in [0, 0.05) is 32.6 Å². The first kappa shape index (κ1) is 28.0. The minimum Gasteiger partial charge on any atom is -0.437 e. The van der Waals surface area contributed by atoms with E-state index in [-0.39, 0.29) is 41.6 Å². The van der Waals surface area contributed by atoms with E-state index in [1.54, 1.807) is 6.07 Å². The van der Waals surface area contributed by atoms with Crippen LogP contribution in [-0.2, 0) is 26.0 Å². The molecular weight excluding hydrogens is 529 g/mol. The molecule has 0 radical (unpaired) electrons. The summed E-state index contributed by atoms with van der Waals surface area (Å²) in [6.45, 7) is 0.457. The van der Waals surface area contributed by atoms with Crippen LogP contribution in [0.15, 0.2) is 34.7 Å². The molecule has 3 amide bonds. The zero-order chi connectivity index (χ0) is 28.5. The van der Waals surface area contributed by atoms with Crippen LogP contribution < -0.4 is 15.4 Å². The average molecular weight is 560 g/mol. The number of rotatable bonds is 9. The molecular formula is C26H30FN5O6S. The second-order valence-corrected chi connectivity index (χ2v) is 11.5. The first-order valence-electron chi connectivity index (χ1n) is 12.4. The van der Waals surface area contributed by atoms with Gasteiger partial charge in [0.2, 0.25) is 27.6 Å². The smallest absolute Gasteiger partial charge is 0.255 e. The van der Waals surface area contributed by atoms with Gasteiger partial charge in [0.25, 0.3) is 5.91 Å². The van der Waals surface area contributed by atoms with Crippen molar-refractivity contribution in [3.63, 3.8) is 0 Å². The van der Waals surface area contributed by atoms with Crippen molar-refractivity contribution in [2.75, 3.05) is 31.2 Å². The number of halogens is 1. The van der Waals surface area contributed by atoms with Crippen molar-refractivity contribution in [1.82, 2.24) is 15.2 Å². The van der Waals surface area contributed by atoms with E-state index in [9.17, 15) is 27.2 Å². The quantitative estimate of drug-likeness (QED) is 0.407. The van der Waals surface area contributed by atoms with Gasteiger partial charge in [-0.25, -0.2) is 12.8 Å². The molecule has 0 bridgehead atoms. The number of primary amides is 1. The summed E-state index contributed by atoms with van der Waals surface area (Å²) in [6.07, 6.45) is 2.95. The molecule has 2 aromatic heterocycles. The zero-order valence-corrected chi connectivity index (χ0v) is 22.7. The second kappa shape index (κ2) is 11.0. The summed E-state index contributed by atoms with van der Waals surface area (Å²) in [4.78, 5) is 43.3. The third-order valence-electron chi connectivity index (χ3n) is 6.83. The summed E-state index contributed by atoms with van der Waals surface area (Å²) in [5.41, 5.74) is 6.54. The number of carbonyl (C=O) groups is 3. The lowest BCUT2D eigenvalue weighted by Crippen LogP contribution is -2.43. The average Bonchev–Trinajstić information content (AvgIpc) is 3.52. The largest absolute Gasteiger partial charge is 0.437 e. The molecule has 1 atom stereocenters. The predicted octanol–water partition coefficient (Wildman–Crippen LogP) is 2.19. The number of nitrogens with zero attached hydrogens (tertiary/aromatic N) is 3. The maximum Gasteiger partial charge on any atom is 0.255 e. The number of hydrogen-bond acceptors (Lipinski definition) is 7. The van der Waals surface area contributed by atoms with E-state index in [1.165, 1.54) is 43.3 Å². The van der Waals surface area contributed by atoms with E-state index in [2.05, 4.69) is 10.3 Å². The lowest BCUT2D eigenvalue weighted by molar-refractivity contribution is -0.137. The molecule has 11 nitrogen and oxygen atoms in total. The number of carbonyl (C=O) groups excluding carboxylic acids is 3. The minimum atomic E-state index is -3.72. The van der Waals surface area contributed by atoms with Crippen molar-refractivity contribution in [3.05, 3.63) is 47.3 Å². The number of nitrogens with two attached hydrogens (primary N) is 1. The van der Waals surface area contributed by atoms with Crippen LogP contribution in [0.2, 0.25) is 0 Å². The van der Waals surface area contributed by atoms with E-state index >= 15 is 0 Å². The number of furan rings is 1. The van der Waals surface area contributed by atoms with Crippen LogP contribution in [0.4, 0.5) is 10.2 Å². The lowest BCUT2D eigenvalue weighted by atomic mass is 10.0. The maximum atomic E-state index is 13.5. The fraction of sp³-hybridized carbons (Fsp3) is 0.385. The molecule has 1 aromatic carbocycles. The third-order valence-corrected chi connectivity index (χ3v) is 8.00. The highest BCUT2D eigenvalue weighted by molar-refractivity contribution is 7.92. The summed E-state index contributed by atoms with van der Waals surface area (Å²) in [6, 6.07) is 6.41. The summed E-state index contributed by atoms with van der Waals surface area (Å²) in [7, 11) is -0.910. The normalized spacial score (nSPS) is 15.5. The van der Waals surface area contributed by atoms with Gasteiger partial charge in [-0.05, 0) is 61.6 Å². The number of nitrogens with one attached hydrogen (secondary N) is 1. The first-order valence-corrected chi connectivity index (χ1v) is 14.2. The van der Waals surface area contributed by atoms with Crippen LogP contribution in [0.25, 0.3) is 22.4 Å². The molecule has 1 aliphatic heterocycles. The van der Waals surface area contributed by atoms with Crippen molar-refractivity contribution in [1.29, 1.82) is 0 Å². The SMILES string of the molecule is CNC(=O)c1c(-c2ccc(F)cc2)oc2nc(N(C)S(C)(=O)=O)c(CCCC(=O)N3CCC[C@H]3C(N)=O)cc12. The Morgan fingerprint density at radius 3 is 2.56 bits per heavy atom. The van der Waals surface area contributed by atoms with Crippen molar-refractivity contribution in [2.24, 2.45) is 5.73 Å². The number of amides is 3. The number of likely N-dealkylation sites (tertiary alicyclic amines) is 1. The molecule has 4 rings (SSSR count). The molecule has 0 saturated carbocycles. The third kappa shape index (κ3) is 5.72. The van der Waals surface area contributed by atoms with Gasteiger partial charge in [0.05, 0.1) is 17.2 Å². The molecule has 3 N–H and O–H groups in total. The van der Waals surface area contributed by atoms with Crippen LogP contribution in [-0.4, -0.2) is 69.0 Å². The number of aryl methyl sites for hydroxylation is 1. The topological polar surface area (TPSA) is 156 Å². The summed E-state index contributed by atoms with van der Waals surface area (Å²) in [5.74, 6) is -1.42. The van der Waals surface area contributed by atoms with Crippen LogP contribution in [0, 0.1) is 5.82 Å². The van der Waals surface area contributed by atoms with Gasteiger partial charge >= 0.3 is 0 Å². The number of sulfonamides is 1.